The van der Waals surface area contributed by atoms with E-state index in [0.717, 1.165) is 22.4 Å². The Balaban J connectivity index is 1.52. The monoisotopic (exact) mass is 433 g/mol. The summed E-state index contributed by atoms with van der Waals surface area (Å²) in [5, 5.41) is 7.83. The maximum atomic E-state index is 13.3. The number of anilines is 1. The number of halogens is 2. The molecule has 4 rings (SSSR count). The van der Waals surface area contributed by atoms with E-state index in [9.17, 15) is 9.18 Å². The van der Waals surface area contributed by atoms with E-state index in [1.807, 2.05) is 68.4 Å². The predicted octanol–water partition coefficient (Wildman–Crippen LogP) is 6.26. The number of hydrogen-bond donors (Lipinski definition) is 1. The van der Waals surface area contributed by atoms with Crippen LogP contribution in [0.25, 0.3) is 11.1 Å². The van der Waals surface area contributed by atoms with Gasteiger partial charge in [-0.1, -0.05) is 60.1 Å². The van der Waals surface area contributed by atoms with E-state index in [-0.39, 0.29) is 11.7 Å². The minimum Gasteiger partial charge on any atom is -0.319 e. The molecule has 0 fully saturated rings. The molecule has 1 aromatic heterocycles. The topological polar surface area (TPSA) is 46.9 Å². The number of aromatic nitrogens is 2. The first-order chi connectivity index (χ1) is 14.9. The molecule has 0 unspecified atom stereocenters. The van der Waals surface area contributed by atoms with Crippen LogP contribution in [0.2, 0.25) is 5.02 Å². The van der Waals surface area contributed by atoms with Crippen LogP contribution in [-0.4, -0.2) is 15.7 Å². The van der Waals surface area contributed by atoms with Crippen LogP contribution in [0, 0.1) is 19.7 Å². The molecule has 6 heteroatoms. The summed E-state index contributed by atoms with van der Waals surface area (Å²) in [5.74, 6) is -0.585. The largest absolute Gasteiger partial charge is 0.319 e. The van der Waals surface area contributed by atoms with E-state index in [1.54, 1.807) is 10.7 Å². The van der Waals surface area contributed by atoms with Gasteiger partial charge in [0.15, 0.2) is 0 Å². The Morgan fingerprint density at radius 1 is 1.00 bits per heavy atom. The zero-order valence-electron chi connectivity index (χ0n) is 17.2. The second-order valence-corrected chi connectivity index (χ2v) is 7.74. The van der Waals surface area contributed by atoms with Crippen molar-refractivity contribution in [2.24, 2.45) is 0 Å². The second kappa shape index (κ2) is 8.74. The molecule has 156 valence electrons. The van der Waals surface area contributed by atoms with E-state index in [4.69, 9.17) is 11.6 Å². The lowest BCUT2D eigenvalue weighted by Crippen LogP contribution is -2.13. The van der Waals surface area contributed by atoms with Gasteiger partial charge in [0.1, 0.15) is 5.82 Å². The summed E-state index contributed by atoms with van der Waals surface area (Å²) in [6.07, 6.45) is 0. The van der Waals surface area contributed by atoms with Gasteiger partial charge in [0.2, 0.25) is 0 Å². The normalized spacial score (nSPS) is 10.8. The molecule has 0 spiro atoms. The van der Waals surface area contributed by atoms with Gasteiger partial charge in [0.25, 0.3) is 5.91 Å². The standard InChI is InChI=1S/C25H21ClFN3O/c1-16-24(17(2)30(29-16)15-21-12-13-22(27)14-23(21)26)28-25(31)20-10-8-19(9-11-20)18-6-4-3-5-7-18/h3-14H,15H2,1-2H3,(H,28,31). The Morgan fingerprint density at radius 2 is 1.68 bits per heavy atom. The number of amides is 1. The van der Waals surface area contributed by atoms with E-state index in [0.29, 0.717) is 28.5 Å². The molecule has 0 saturated heterocycles. The van der Waals surface area contributed by atoms with Crippen LogP contribution < -0.4 is 5.32 Å². The van der Waals surface area contributed by atoms with Crippen LogP contribution in [0.5, 0.6) is 0 Å². The van der Waals surface area contributed by atoms with Gasteiger partial charge in [0.05, 0.1) is 23.6 Å². The number of benzene rings is 3. The van der Waals surface area contributed by atoms with Crippen molar-refractivity contribution in [3.05, 3.63) is 106 Å². The van der Waals surface area contributed by atoms with E-state index in [1.165, 1.54) is 12.1 Å². The summed E-state index contributed by atoms with van der Waals surface area (Å²) >= 11 is 6.15. The van der Waals surface area contributed by atoms with Gasteiger partial charge < -0.3 is 5.32 Å². The molecule has 0 saturated carbocycles. The lowest BCUT2D eigenvalue weighted by molar-refractivity contribution is 0.102. The fourth-order valence-electron chi connectivity index (χ4n) is 3.47. The summed E-state index contributed by atoms with van der Waals surface area (Å²) in [6, 6.07) is 21.8. The first-order valence-electron chi connectivity index (χ1n) is 9.87. The highest BCUT2D eigenvalue weighted by Gasteiger charge is 2.16. The fourth-order valence-corrected chi connectivity index (χ4v) is 3.70. The average Bonchev–Trinajstić information content (AvgIpc) is 3.03. The third kappa shape index (κ3) is 4.52. The quantitative estimate of drug-likeness (QED) is 0.403. The molecule has 1 heterocycles. The summed E-state index contributed by atoms with van der Waals surface area (Å²) in [6.45, 7) is 4.10. The number of carbonyl (C=O) groups excluding carboxylic acids is 1. The smallest absolute Gasteiger partial charge is 0.255 e. The molecular weight excluding hydrogens is 413 g/mol. The summed E-state index contributed by atoms with van der Waals surface area (Å²) < 4.78 is 15.1. The highest BCUT2D eigenvalue weighted by atomic mass is 35.5. The predicted molar refractivity (Wildman–Crippen MR) is 122 cm³/mol. The van der Waals surface area contributed by atoms with E-state index in [2.05, 4.69) is 10.4 Å². The van der Waals surface area contributed by atoms with Crippen molar-refractivity contribution in [2.45, 2.75) is 20.4 Å². The number of rotatable bonds is 5. The average molecular weight is 434 g/mol. The minimum absolute atomic E-state index is 0.204. The van der Waals surface area contributed by atoms with Crippen LogP contribution in [0.3, 0.4) is 0 Å². The maximum Gasteiger partial charge on any atom is 0.255 e. The highest BCUT2D eigenvalue weighted by Crippen LogP contribution is 2.25. The van der Waals surface area contributed by atoms with Crippen LogP contribution in [0.1, 0.15) is 27.3 Å². The van der Waals surface area contributed by atoms with Crippen molar-refractivity contribution < 1.29 is 9.18 Å². The third-order valence-electron chi connectivity index (χ3n) is 5.21. The zero-order valence-corrected chi connectivity index (χ0v) is 17.9. The van der Waals surface area contributed by atoms with Gasteiger partial charge >= 0.3 is 0 Å². The summed E-state index contributed by atoms with van der Waals surface area (Å²) in [7, 11) is 0. The van der Waals surface area contributed by atoms with Crippen molar-refractivity contribution in [3.8, 4) is 11.1 Å². The van der Waals surface area contributed by atoms with Gasteiger partial charge in [-0.3, -0.25) is 9.48 Å². The molecule has 0 atom stereocenters. The molecule has 0 aliphatic rings. The molecule has 1 N–H and O–H groups in total. The van der Waals surface area contributed by atoms with Crippen molar-refractivity contribution in [1.82, 2.24) is 9.78 Å². The van der Waals surface area contributed by atoms with Crippen LogP contribution >= 0.6 is 11.6 Å². The molecule has 0 radical (unpaired) electrons. The number of carbonyl (C=O) groups is 1. The lowest BCUT2D eigenvalue weighted by Gasteiger charge is -2.09. The first kappa shape index (κ1) is 20.8. The van der Waals surface area contributed by atoms with Gasteiger partial charge in [-0.05, 0) is 54.8 Å². The Morgan fingerprint density at radius 3 is 2.35 bits per heavy atom. The lowest BCUT2D eigenvalue weighted by atomic mass is 10.0. The number of nitrogens with one attached hydrogen (secondary N) is 1. The maximum absolute atomic E-state index is 13.3. The Labute approximate surface area is 185 Å². The molecule has 1 amide bonds. The van der Waals surface area contributed by atoms with Gasteiger partial charge in [-0.2, -0.15) is 5.10 Å². The van der Waals surface area contributed by atoms with Crippen LogP contribution in [0.15, 0.2) is 72.8 Å². The van der Waals surface area contributed by atoms with Crippen molar-refractivity contribution in [3.63, 3.8) is 0 Å². The molecule has 4 aromatic rings. The van der Waals surface area contributed by atoms with Crippen molar-refractivity contribution in [2.75, 3.05) is 5.32 Å². The molecule has 3 aromatic carbocycles. The molecule has 31 heavy (non-hydrogen) atoms. The van der Waals surface area contributed by atoms with E-state index < -0.39 is 0 Å². The fraction of sp³-hybridized carbons (Fsp3) is 0.120. The minimum atomic E-state index is -0.381. The Kier molecular flexibility index (Phi) is 5.87. The summed E-state index contributed by atoms with van der Waals surface area (Å²) in [5.41, 5.74) is 5.62. The second-order valence-electron chi connectivity index (χ2n) is 7.34. The zero-order chi connectivity index (χ0) is 22.0. The van der Waals surface area contributed by atoms with Crippen LogP contribution in [0.4, 0.5) is 10.1 Å². The number of hydrogen-bond acceptors (Lipinski definition) is 2. The number of aryl methyl sites for hydroxylation is 1. The molecule has 0 aliphatic carbocycles. The SMILES string of the molecule is Cc1nn(Cc2ccc(F)cc2Cl)c(C)c1NC(=O)c1ccc(-c2ccccc2)cc1. The third-order valence-corrected chi connectivity index (χ3v) is 5.56. The van der Waals surface area contributed by atoms with Gasteiger partial charge in [-0.15, -0.1) is 0 Å². The highest BCUT2D eigenvalue weighted by molar-refractivity contribution is 6.31. The van der Waals surface area contributed by atoms with E-state index >= 15 is 0 Å². The summed E-state index contributed by atoms with van der Waals surface area (Å²) in [4.78, 5) is 12.8. The Hall–Kier alpha value is -3.44. The van der Waals surface area contributed by atoms with Crippen molar-refractivity contribution in [1.29, 1.82) is 0 Å². The van der Waals surface area contributed by atoms with Crippen molar-refractivity contribution >= 4 is 23.2 Å². The van der Waals surface area contributed by atoms with Gasteiger partial charge in [0, 0.05) is 10.6 Å². The first-order valence-corrected chi connectivity index (χ1v) is 10.2. The molecule has 0 aliphatic heterocycles. The van der Waals surface area contributed by atoms with Gasteiger partial charge in [-0.25, -0.2) is 4.39 Å². The van der Waals surface area contributed by atoms with Crippen LogP contribution in [-0.2, 0) is 6.54 Å². The Bertz CT molecular complexity index is 1230. The number of nitrogens with zero attached hydrogens (tertiary/aromatic N) is 2. The molecular formula is C25H21ClFN3O. The molecule has 0 bridgehead atoms. The molecule has 4 nitrogen and oxygen atoms in total.